The molecule has 0 heterocycles. The van der Waals surface area contributed by atoms with Crippen LogP contribution in [0, 0.1) is 0 Å². The second-order valence-electron chi connectivity index (χ2n) is 3.53. The van der Waals surface area contributed by atoms with Crippen LogP contribution < -0.4 is 5.32 Å². The predicted octanol–water partition coefficient (Wildman–Crippen LogP) is 2.60. The summed E-state index contributed by atoms with van der Waals surface area (Å²) in [5.41, 5.74) is 0.301. The second kappa shape index (κ2) is 5.99. The topological polar surface area (TPSA) is 12.0 Å². The molecule has 0 aliphatic heterocycles. The molecule has 64 valence electrons. The van der Waals surface area contributed by atoms with E-state index in [4.69, 9.17) is 0 Å². The zero-order chi connectivity index (χ0) is 7.33. The SMILES string of the molecule is CCCCNC(C)(C)C.Cl. The maximum atomic E-state index is 3.42. The van der Waals surface area contributed by atoms with E-state index in [1.54, 1.807) is 0 Å². The molecule has 0 fully saturated rings. The Morgan fingerprint density at radius 1 is 1.20 bits per heavy atom. The van der Waals surface area contributed by atoms with E-state index in [-0.39, 0.29) is 12.4 Å². The lowest BCUT2D eigenvalue weighted by Gasteiger charge is -2.19. The lowest BCUT2D eigenvalue weighted by molar-refractivity contribution is 0.421. The molecule has 0 aliphatic carbocycles. The summed E-state index contributed by atoms with van der Waals surface area (Å²) >= 11 is 0. The lowest BCUT2D eigenvalue weighted by Crippen LogP contribution is -2.36. The molecule has 10 heavy (non-hydrogen) atoms. The molecule has 1 nitrogen and oxygen atoms in total. The van der Waals surface area contributed by atoms with E-state index in [9.17, 15) is 0 Å². The van der Waals surface area contributed by atoms with Gasteiger partial charge in [-0.05, 0) is 33.7 Å². The van der Waals surface area contributed by atoms with E-state index in [1.165, 1.54) is 12.8 Å². The quantitative estimate of drug-likeness (QED) is 0.634. The van der Waals surface area contributed by atoms with Gasteiger partial charge in [0.2, 0.25) is 0 Å². The van der Waals surface area contributed by atoms with Gasteiger partial charge in [0.05, 0.1) is 0 Å². The van der Waals surface area contributed by atoms with E-state index in [2.05, 4.69) is 33.0 Å². The fourth-order valence-electron chi connectivity index (χ4n) is 0.640. The summed E-state index contributed by atoms with van der Waals surface area (Å²) < 4.78 is 0. The van der Waals surface area contributed by atoms with Crippen molar-refractivity contribution in [2.45, 2.75) is 46.1 Å². The van der Waals surface area contributed by atoms with Crippen LogP contribution in [0.2, 0.25) is 0 Å². The van der Waals surface area contributed by atoms with Crippen LogP contribution in [0.4, 0.5) is 0 Å². The molecule has 0 saturated heterocycles. The van der Waals surface area contributed by atoms with Gasteiger partial charge in [-0.1, -0.05) is 13.3 Å². The highest BCUT2D eigenvalue weighted by molar-refractivity contribution is 5.85. The molecule has 0 amide bonds. The summed E-state index contributed by atoms with van der Waals surface area (Å²) in [7, 11) is 0. The van der Waals surface area contributed by atoms with E-state index in [1.807, 2.05) is 0 Å². The van der Waals surface area contributed by atoms with E-state index < -0.39 is 0 Å². The maximum Gasteiger partial charge on any atom is 0.00965 e. The van der Waals surface area contributed by atoms with Gasteiger partial charge in [-0.3, -0.25) is 0 Å². The minimum atomic E-state index is 0. The number of halogens is 1. The molecule has 0 aromatic heterocycles. The Hall–Kier alpha value is 0.250. The molecule has 1 N–H and O–H groups in total. The first kappa shape index (κ1) is 12.9. The zero-order valence-corrected chi connectivity index (χ0v) is 8.35. The molecule has 0 spiro atoms. The number of unbranched alkanes of at least 4 members (excludes halogenated alkanes) is 1. The number of nitrogens with one attached hydrogen (secondary N) is 1. The van der Waals surface area contributed by atoms with Crippen molar-refractivity contribution >= 4 is 12.4 Å². The molecule has 0 radical (unpaired) electrons. The van der Waals surface area contributed by atoms with E-state index >= 15 is 0 Å². The molecule has 0 saturated carbocycles. The van der Waals surface area contributed by atoms with Gasteiger partial charge in [-0.25, -0.2) is 0 Å². The summed E-state index contributed by atoms with van der Waals surface area (Å²) in [6, 6.07) is 0. The van der Waals surface area contributed by atoms with Crippen LogP contribution in [0.25, 0.3) is 0 Å². The minimum Gasteiger partial charge on any atom is -0.312 e. The Morgan fingerprint density at radius 3 is 2.00 bits per heavy atom. The molecule has 2 heteroatoms. The van der Waals surface area contributed by atoms with Crippen LogP contribution in [0.5, 0.6) is 0 Å². The van der Waals surface area contributed by atoms with Crippen molar-refractivity contribution in [3.63, 3.8) is 0 Å². The predicted molar refractivity (Wildman–Crippen MR) is 49.9 cm³/mol. The highest BCUT2D eigenvalue weighted by atomic mass is 35.5. The van der Waals surface area contributed by atoms with Crippen molar-refractivity contribution in [3.8, 4) is 0 Å². The van der Waals surface area contributed by atoms with Gasteiger partial charge in [0, 0.05) is 5.54 Å². The van der Waals surface area contributed by atoms with Crippen molar-refractivity contribution < 1.29 is 0 Å². The van der Waals surface area contributed by atoms with Crippen molar-refractivity contribution in [1.82, 2.24) is 5.32 Å². The Balaban J connectivity index is 0. The molecular formula is C8H20ClN. The van der Waals surface area contributed by atoms with Gasteiger partial charge < -0.3 is 5.32 Å². The number of rotatable bonds is 3. The average Bonchev–Trinajstić information content (AvgIpc) is 1.63. The summed E-state index contributed by atoms with van der Waals surface area (Å²) in [5.74, 6) is 0. The van der Waals surface area contributed by atoms with Crippen molar-refractivity contribution in [3.05, 3.63) is 0 Å². The van der Waals surface area contributed by atoms with Crippen LogP contribution in [0.1, 0.15) is 40.5 Å². The Kier molecular flexibility index (Phi) is 7.72. The van der Waals surface area contributed by atoms with Crippen LogP contribution in [-0.2, 0) is 0 Å². The van der Waals surface area contributed by atoms with Gasteiger partial charge in [0.1, 0.15) is 0 Å². The third kappa shape index (κ3) is 11.1. The van der Waals surface area contributed by atoms with Gasteiger partial charge >= 0.3 is 0 Å². The fourth-order valence-corrected chi connectivity index (χ4v) is 0.640. The Labute approximate surface area is 71.0 Å². The zero-order valence-electron chi connectivity index (χ0n) is 7.53. The Bertz CT molecular complexity index is 66.1. The van der Waals surface area contributed by atoms with Crippen molar-refractivity contribution in [2.75, 3.05) is 6.54 Å². The highest BCUT2D eigenvalue weighted by Gasteiger charge is 2.05. The molecule has 0 rings (SSSR count). The first-order chi connectivity index (χ1) is 4.06. The molecular weight excluding hydrogens is 146 g/mol. The first-order valence-corrected chi connectivity index (χ1v) is 3.81. The largest absolute Gasteiger partial charge is 0.312 e. The minimum absolute atomic E-state index is 0. The maximum absolute atomic E-state index is 3.42. The average molecular weight is 166 g/mol. The van der Waals surface area contributed by atoms with Gasteiger partial charge in [-0.15, -0.1) is 12.4 Å². The second-order valence-corrected chi connectivity index (χ2v) is 3.53. The first-order valence-electron chi connectivity index (χ1n) is 3.81. The standard InChI is InChI=1S/C8H19N.ClH/c1-5-6-7-9-8(2,3)4;/h9H,5-7H2,1-4H3;1H. The van der Waals surface area contributed by atoms with Crippen LogP contribution >= 0.6 is 12.4 Å². The van der Waals surface area contributed by atoms with E-state index in [0.29, 0.717) is 5.54 Å². The summed E-state index contributed by atoms with van der Waals surface area (Å²) in [6.45, 7) is 9.96. The highest BCUT2D eigenvalue weighted by Crippen LogP contribution is 1.98. The number of hydrogen-bond donors (Lipinski definition) is 1. The Morgan fingerprint density at radius 2 is 1.70 bits per heavy atom. The smallest absolute Gasteiger partial charge is 0.00965 e. The molecule has 0 aromatic carbocycles. The fraction of sp³-hybridized carbons (Fsp3) is 1.00. The summed E-state index contributed by atoms with van der Waals surface area (Å²) in [6.07, 6.45) is 2.57. The third-order valence-electron chi connectivity index (χ3n) is 1.19. The van der Waals surface area contributed by atoms with Crippen LogP contribution in [-0.4, -0.2) is 12.1 Å². The van der Waals surface area contributed by atoms with Crippen LogP contribution in [0.15, 0.2) is 0 Å². The van der Waals surface area contributed by atoms with Gasteiger partial charge in [0.15, 0.2) is 0 Å². The lowest BCUT2D eigenvalue weighted by atomic mass is 10.1. The monoisotopic (exact) mass is 165 g/mol. The van der Waals surface area contributed by atoms with Crippen molar-refractivity contribution in [1.29, 1.82) is 0 Å². The molecule has 0 aliphatic rings. The normalized spacial score (nSPS) is 10.8. The van der Waals surface area contributed by atoms with Crippen molar-refractivity contribution in [2.24, 2.45) is 0 Å². The summed E-state index contributed by atoms with van der Waals surface area (Å²) in [4.78, 5) is 0. The van der Waals surface area contributed by atoms with Gasteiger partial charge in [0.25, 0.3) is 0 Å². The molecule has 0 aromatic rings. The molecule has 0 atom stereocenters. The molecule has 0 unspecified atom stereocenters. The van der Waals surface area contributed by atoms with Crippen LogP contribution in [0.3, 0.4) is 0 Å². The van der Waals surface area contributed by atoms with E-state index in [0.717, 1.165) is 6.54 Å². The number of hydrogen-bond acceptors (Lipinski definition) is 1. The summed E-state index contributed by atoms with van der Waals surface area (Å²) in [5, 5.41) is 3.42. The molecule has 0 bridgehead atoms. The van der Waals surface area contributed by atoms with Gasteiger partial charge in [-0.2, -0.15) is 0 Å². The third-order valence-corrected chi connectivity index (χ3v) is 1.19.